The molecule has 0 bridgehead atoms. The number of ether oxygens (including phenoxy) is 1. The minimum absolute atomic E-state index is 0.00958. The third-order valence-corrected chi connectivity index (χ3v) is 6.51. The van der Waals surface area contributed by atoms with Crippen LogP contribution in [0.5, 0.6) is 5.75 Å². The van der Waals surface area contributed by atoms with E-state index in [0.717, 1.165) is 30.4 Å². The van der Waals surface area contributed by atoms with E-state index in [2.05, 4.69) is 61.6 Å². The fourth-order valence-electron chi connectivity index (χ4n) is 4.29. The summed E-state index contributed by atoms with van der Waals surface area (Å²) in [6.45, 7) is 9.70. The summed E-state index contributed by atoms with van der Waals surface area (Å²) >= 11 is 0. The van der Waals surface area contributed by atoms with Gasteiger partial charge < -0.3 is 20.5 Å². The van der Waals surface area contributed by atoms with Crippen molar-refractivity contribution in [2.75, 3.05) is 13.2 Å². The van der Waals surface area contributed by atoms with Gasteiger partial charge in [0.2, 0.25) is 0 Å². The molecular formula is C29H36N2O3. The standard InChI is InChI=1S/C29H36N2O3/c1-5-6-14-30-19-21(3)27(25-9-7-8-20(2)22(25)4)17-23-10-11-26(28(32)18-23)29(33)31-24-12-15-34-16-13-24/h7-11,18-19,24,27,30,32H,5,12-13,15-17H2,1-4H3,(H,31,33)/b21-19+. The second kappa shape index (κ2) is 12.3. The quantitative estimate of drug-likeness (QED) is 0.397. The van der Waals surface area contributed by atoms with E-state index in [9.17, 15) is 9.90 Å². The second-order valence-corrected chi connectivity index (χ2v) is 8.95. The SMILES string of the molecule is CCC#CN/C=C(\C)C(Cc1ccc(C(=O)NC2CCOCC2)c(O)c1)c1cccc(C)c1C. The molecule has 34 heavy (non-hydrogen) atoms. The zero-order chi connectivity index (χ0) is 24.5. The van der Waals surface area contributed by atoms with Gasteiger partial charge in [0, 0.05) is 43.8 Å². The summed E-state index contributed by atoms with van der Waals surface area (Å²) in [5, 5.41) is 16.8. The van der Waals surface area contributed by atoms with Crippen molar-refractivity contribution in [3.63, 3.8) is 0 Å². The molecule has 0 saturated carbocycles. The van der Waals surface area contributed by atoms with Gasteiger partial charge in [0.1, 0.15) is 5.75 Å². The lowest BCUT2D eigenvalue weighted by atomic mass is 9.83. The van der Waals surface area contributed by atoms with E-state index in [1.807, 2.05) is 19.2 Å². The first-order chi connectivity index (χ1) is 16.4. The minimum atomic E-state index is -0.239. The summed E-state index contributed by atoms with van der Waals surface area (Å²) < 4.78 is 5.35. The molecule has 1 aliphatic heterocycles. The Morgan fingerprint density at radius 3 is 2.71 bits per heavy atom. The van der Waals surface area contributed by atoms with Crippen LogP contribution in [0.25, 0.3) is 0 Å². The third-order valence-electron chi connectivity index (χ3n) is 6.51. The van der Waals surface area contributed by atoms with Crippen LogP contribution in [0, 0.1) is 25.8 Å². The highest BCUT2D eigenvalue weighted by molar-refractivity contribution is 5.97. The van der Waals surface area contributed by atoms with Crippen LogP contribution in [-0.2, 0) is 11.2 Å². The predicted molar refractivity (Wildman–Crippen MR) is 137 cm³/mol. The average Bonchev–Trinajstić information content (AvgIpc) is 2.83. The first-order valence-electron chi connectivity index (χ1n) is 12.1. The molecule has 1 atom stereocenters. The number of benzene rings is 2. The molecular weight excluding hydrogens is 424 g/mol. The Hall–Kier alpha value is -3.23. The van der Waals surface area contributed by atoms with Crippen LogP contribution in [0.4, 0.5) is 0 Å². The van der Waals surface area contributed by atoms with Crippen molar-refractivity contribution in [3.8, 4) is 17.7 Å². The molecule has 1 aliphatic rings. The maximum Gasteiger partial charge on any atom is 0.255 e. The molecule has 1 fully saturated rings. The largest absolute Gasteiger partial charge is 0.507 e. The number of carbonyl (C=O) groups excluding carboxylic acids is 1. The van der Waals surface area contributed by atoms with Crippen LogP contribution in [-0.4, -0.2) is 30.3 Å². The molecule has 1 unspecified atom stereocenters. The van der Waals surface area contributed by atoms with Crippen molar-refractivity contribution in [1.29, 1.82) is 0 Å². The van der Waals surface area contributed by atoms with Crippen LogP contribution in [0.3, 0.4) is 0 Å². The monoisotopic (exact) mass is 460 g/mol. The Balaban J connectivity index is 1.83. The van der Waals surface area contributed by atoms with Gasteiger partial charge in [-0.15, -0.1) is 0 Å². The summed E-state index contributed by atoms with van der Waals surface area (Å²) in [4.78, 5) is 12.7. The Bertz CT molecular complexity index is 1090. The van der Waals surface area contributed by atoms with Gasteiger partial charge in [-0.2, -0.15) is 0 Å². The Morgan fingerprint density at radius 2 is 2.00 bits per heavy atom. The number of hydrogen-bond donors (Lipinski definition) is 3. The van der Waals surface area contributed by atoms with Crippen LogP contribution in [0.15, 0.2) is 48.2 Å². The number of phenols is 1. The number of carbonyl (C=O) groups is 1. The van der Waals surface area contributed by atoms with Gasteiger partial charge in [0.05, 0.1) is 5.56 Å². The number of rotatable bonds is 7. The molecule has 1 amide bonds. The van der Waals surface area contributed by atoms with Gasteiger partial charge in [-0.25, -0.2) is 0 Å². The lowest BCUT2D eigenvalue weighted by molar-refractivity contribution is 0.0695. The van der Waals surface area contributed by atoms with Crippen molar-refractivity contribution < 1.29 is 14.6 Å². The van der Waals surface area contributed by atoms with Crippen LogP contribution < -0.4 is 10.6 Å². The van der Waals surface area contributed by atoms with Gasteiger partial charge in [-0.3, -0.25) is 4.79 Å². The smallest absolute Gasteiger partial charge is 0.255 e. The Morgan fingerprint density at radius 1 is 1.24 bits per heavy atom. The highest BCUT2D eigenvalue weighted by Crippen LogP contribution is 2.33. The van der Waals surface area contributed by atoms with Crippen molar-refractivity contribution in [2.45, 2.75) is 65.3 Å². The fraction of sp³-hybridized carbons (Fsp3) is 0.414. The molecule has 180 valence electrons. The van der Waals surface area contributed by atoms with E-state index in [1.165, 1.54) is 16.7 Å². The first-order valence-corrected chi connectivity index (χ1v) is 12.1. The van der Waals surface area contributed by atoms with Crippen LogP contribution in [0.1, 0.15) is 71.6 Å². The predicted octanol–water partition coefficient (Wildman–Crippen LogP) is 5.11. The topological polar surface area (TPSA) is 70.6 Å². The van der Waals surface area contributed by atoms with E-state index < -0.39 is 0 Å². The van der Waals surface area contributed by atoms with Crippen molar-refractivity contribution in [3.05, 3.63) is 76.0 Å². The number of hydrogen-bond acceptors (Lipinski definition) is 4. The van der Waals surface area contributed by atoms with E-state index in [0.29, 0.717) is 25.2 Å². The van der Waals surface area contributed by atoms with Crippen molar-refractivity contribution in [2.24, 2.45) is 0 Å². The molecule has 5 nitrogen and oxygen atoms in total. The summed E-state index contributed by atoms with van der Waals surface area (Å²) in [7, 11) is 0. The molecule has 2 aromatic carbocycles. The molecule has 1 heterocycles. The Kier molecular flexibility index (Phi) is 9.18. The van der Waals surface area contributed by atoms with Crippen LogP contribution in [0.2, 0.25) is 0 Å². The number of amides is 1. The molecule has 0 radical (unpaired) electrons. The number of aromatic hydroxyl groups is 1. The van der Waals surface area contributed by atoms with Crippen molar-refractivity contribution in [1.82, 2.24) is 10.6 Å². The van der Waals surface area contributed by atoms with E-state index in [1.54, 1.807) is 12.1 Å². The van der Waals surface area contributed by atoms with Crippen molar-refractivity contribution >= 4 is 5.91 Å². The minimum Gasteiger partial charge on any atom is -0.507 e. The highest BCUT2D eigenvalue weighted by Gasteiger charge is 2.21. The lowest BCUT2D eigenvalue weighted by Crippen LogP contribution is -2.38. The summed E-state index contributed by atoms with van der Waals surface area (Å²) in [6.07, 6.45) is 5.05. The molecule has 0 spiro atoms. The normalized spacial score (nSPS) is 15.2. The zero-order valence-corrected chi connectivity index (χ0v) is 20.7. The van der Waals surface area contributed by atoms with Gasteiger partial charge in [0.25, 0.3) is 5.91 Å². The average molecular weight is 461 g/mol. The summed E-state index contributed by atoms with van der Waals surface area (Å²) in [6, 6.07) is 14.8. The summed E-state index contributed by atoms with van der Waals surface area (Å²) in [5.41, 5.74) is 6.19. The zero-order valence-electron chi connectivity index (χ0n) is 20.7. The molecule has 2 aromatic rings. The van der Waals surface area contributed by atoms with Gasteiger partial charge in [0.15, 0.2) is 0 Å². The number of allylic oxidation sites excluding steroid dienone is 1. The molecule has 3 N–H and O–H groups in total. The number of aryl methyl sites for hydroxylation is 1. The van der Waals surface area contributed by atoms with E-state index in [4.69, 9.17) is 4.74 Å². The van der Waals surface area contributed by atoms with E-state index in [-0.39, 0.29) is 23.6 Å². The third kappa shape index (κ3) is 6.65. The summed E-state index contributed by atoms with van der Waals surface area (Å²) in [5.74, 6) is 2.90. The van der Waals surface area contributed by atoms with Gasteiger partial charge in [-0.05, 0) is 80.0 Å². The fourth-order valence-corrected chi connectivity index (χ4v) is 4.29. The maximum absolute atomic E-state index is 12.7. The number of nitrogens with one attached hydrogen (secondary N) is 2. The molecule has 1 saturated heterocycles. The number of phenolic OH excluding ortho intramolecular Hbond substituents is 1. The van der Waals surface area contributed by atoms with Gasteiger partial charge >= 0.3 is 0 Å². The Labute approximate surface area is 203 Å². The molecule has 3 rings (SSSR count). The molecule has 0 aromatic heterocycles. The lowest BCUT2D eigenvalue weighted by Gasteiger charge is -2.24. The van der Waals surface area contributed by atoms with E-state index >= 15 is 0 Å². The van der Waals surface area contributed by atoms with Gasteiger partial charge in [-0.1, -0.05) is 37.1 Å². The van der Waals surface area contributed by atoms with Crippen LogP contribution >= 0.6 is 0 Å². The first kappa shape index (κ1) is 25.4. The molecule has 5 heteroatoms. The second-order valence-electron chi connectivity index (χ2n) is 8.95. The maximum atomic E-state index is 12.7. The highest BCUT2D eigenvalue weighted by atomic mass is 16.5. The molecule has 0 aliphatic carbocycles.